The Labute approximate surface area is 66.2 Å². The van der Waals surface area contributed by atoms with Crippen molar-refractivity contribution in [2.75, 3.05) is 0 Å². The summed E-state index contributed by atoms with van der Waals surface area (Å²) in [5, 5.41) is 10.2. The van der Waals surface area contributed by atoms with Crippen LogP contribution in [0.25, 0.3) is 11.0 Å². The van der Waals surface area contributed by atoms with E-state index >= 15 is 0 Å². The molecule has 0 aliphatic carbocycles. The van der Waals surface area contributed by atoms with E-state index in [0.29, 0.717) is 0 Å². The number of fused-ring (bicyclic) bond motifs is 1. The van der Waals surface area contributed by atoms with Crippen LogP contribution in [-0.4, -0.2) is 23.8 Å². The molecule has 5 heteroatoms. The van der Waals surface area contributed by atoms with Gasteiger partial charge in [0.15, 0.2) is 0 Å². The summed E-state index contributed by atoms with van der Waals surface area (Å²) in [5.41, 5.74) is 1.90. The molecular formula is C6H11BN4. The van der Waals surface area contributed by atoms with Gasteiger partial charge in [-0.1, -0.05) is 17.3 Å². The smallest absolute Gasteiger partial charge is 0.112 e. The highest BCUT2D eigenvalue weighted by Gasteiger charge is 1.90. The molecule has 4 N–H and O–H groups in total. The second-order valence-electron chi connectivity index (χ2n) is 1.83. The molecule has 1 aromatic heterocycles. The summed E-state index contributed by atoms with van der Waals surface area (Å²) in [4.78, 5) is 0. The second-order valence-corrected chi connectivity index (χ2v) is 1.83. The molecule has 2 rings (SSSR count). The van der Waals surface area contributed by atoms with Gasteiger partial charge in [-0.3, -0.25) is 5.10 Å². The lowest BCUT2D eigenvalue weighted by Crippen LogP contribution is -1.63. The average Bonchev–Trinajstić information content (AvgIpc) is 2.33. The van der Waals surface area contributed by atoms with Crippen molar-refractivity contribution in [3.8, 4) is 0 Å². The van der Waals surface area contributed by atoms with E-state index in [9.17, 15) is 0 Å². The largest absolute Gasteiger partial charge is 0.344 e. The Balaban J connectivity index is 0.000000500. The van der Waals surface area contributed by atoms with Crippen molar-refractivity contribution < 1.29 is 0 Å². The minimum atomic E-state index is 0. The van der Waals surface area contributed by atoms with Crippen LogP contribution in [-0.2, 0) is 0 Å². The van der Waals surface area contributed by atoms with Crippen molar-refractivity contribution in [3.63, 3.8) is 0 Å². The molecule has 4 nitrogen and oxygen atoms in total. The number of hydrogen-bond donors (Lipinski definition) is 2. The molecule has 0 saturated heterocycles. The van der Waals surface area contributed by atoms with E-state index in [4.69, 9.17) is 0 Å². The van der Waals surface area contributed by atoms with Crippen LogP contribution in [0.4, 0.5) is 0 Å². The van der Waals surface area contributed by atoms with Crippen LogP contribution in [0.2, 0.25) is 0 Å². The molecule has 0 aliphatic rings. The van der Waals surface area contributed by atoms with E-state index in [2.05, 4.69) is 15.4 Å². The predicted molar refractivity (Wildman–Crippen MR) is 48.8 cm³/mol. The Hall–Kier alpha value is -1.36. The van der Waals surface area contributed by atoms with Crippen LogP contribution in [0.3, 0.4) is 0 Å². The van der Waals surface area contributed by atoms with Crippen LogP contribution >= 0.6 is 0 Å². The molecule has 11 heavy (non-hydrogen) atoms. The Morgan fingerprint density at radius 1 is 1.18 bits per heavy atom. The van der Waals surface area contributed by atoms with Gasteiger partial charge in [-0.05, 0) is 12.1 Å². The Bertz CT molecular complexity index is 289. The van der Waals surface area contributed by atoms with Crippen LogP contribution in [0.15, 0.2) is 24.3 Å². The molecule has 0 saturated carbocycles. The van der Waals surface area contributed by atoms with Crippen LogP contribution in [0, 0.1) is 0 Å². The number of rotatable bonds is 0. The number of nitrogens with zero attached hydrogens (tertiary/aromatic N) is 2. The van der Waals surface area contributed by atoms with E-state index in [-0.39, 0.29) is 14.6 Å². The van der Waals surface area contributed by atoms with E-state index < -0.39 is 0 Å². The third-order valence-electron chi connectivity index (χ3n) is 1.23. The maximum Gasteiger partial charge on any atom is 0.112 e. The highest BCUT2D eigenvalue weighted by Crippen LogP contribution is 2.03. The Kier molecular flexibility index (Phi) is 3.27. The highest BCUT2D eigenvalue weighted by molar-refractivity contribution is 5.75. The van der Waals surface area contributed by atoms with Gasteiger partial charge in [0.25, 0.3) is 0 Å². The van der Waals surface area contributed by atoms with Gasteiger partial charge in [0, 0.05) is 0 Å². The van der Waals surface area contributed by atoms with Gasteiger partial charge >= 0.3 is 0 Å². The monoisotopic (exact) mass is 150 g/mol. The zero-order valence-electron chi connectivity index (χ0n) is 5.41. The molecule has 0 atom stereocenters. The molecule has 2 aromatic rings. The summed E-state index contributed by atoms with van der Waals surface area (Å²) < 4.78 is 0. The van der Waals surface area contributed by atoms with Crippen molar-refractivity contribution in [2.45, 2.75) is 0 Å². The summed E-state index contributed by atoms with van der Waals surface area (Å²) in [6.45, 7) is 0. The predicted octanol–water partition coefficient (Wildman–Crippen LogP) is -0.0640. The first-order valence-corrected chi connectivity index (χ1v) is 2.72. The number of aromatic amines is 1. The van der Waals surface area contributed by atoms with Crippen molar-refractivity contribution in [3.05, 3.63) is 24.3 Å². The molecule has 0 radical (unpaired) electrons. The van der Waals surface area contributed by atoms with Crippen LogP contribution in [0.1, 0.15) is 0 Å². The molecule has 0 aliphatic heterocycles. The topological polar surface area (TPSA) is 76.6 Å². The number of H-pyrrole nitrogens is 1. The lowest BCUT2D eigenvalue weighted by atomic mass is 10.3. The zero-order chi connectivity index (χ0) is 6.10. The number of para-hydroxylation sites is 1. The van der Waals surface area contributed by atoms with E-state index in [1.54, 1.807) is 0 Å². The molecule has 1 heterocycles. The molecule has 0 bridgehead atoms. The molecule has 58 valence electrons. The van der Waals surface area contributed by atoms with Gasteiger partial charge in [0.2, 0.25) is 0 Å². The fourth-order valence-electron chi connectivity index (χ4n) is 0.788. The minimum Gasteiger partial charge on any atom is -0.344 e. The van der Waals surface area contributed by atoms with Crippen molar-refractivity contribution in [1.29, 1.82) is 0 Å². The maximum absolute atomic E-state index is 3.81. The Morgan fingerprint density at radius 2 is 1.91 bits per heavy atom. The number of nitrogens with one attached hydrogen (secondary N) is 1. The third kappa shape index (κ3) is 1.56. The first-order chi connectivity index (χ1) is 4.47. The van der Waals surface area contributed by atoms with Gasteiger partial charge in [-0.15, -0.1) is 5.10 Å². The lowest BCUT2D eigenvalue weighted by Gasteiger charge is -1.79. The molecule has 0 spiro atoms. The molecule has 0 amide bonds. The highest BCUT2D eigenvalue weighted by atomic mass is 15.3. The lowest BCUT2D eigenvalue weighted by molar-refractivity contribution is 0.959. The fourth-order valence-corrected chi connectivity index (χ4v) is 0.788. The summed E-state index contributed by atoms with van der Waals surface area (Å²) in [6, 6.07) is 7.74. The number of hydrogen-bond acceptors (Lipinski definition) is 3. The maximum atomic E-state index is 3.81. The van der Waals surface area contributed by atoms with Gasteiger partial charge < -0.3 is 6.15 Å². The summed E-state index contributed by atoms with van der Waals surface area (Å²) in [6.07, 6.45) is 0. The average molecular weight is 150 g/mol. The SMILES string of the molecule is B.N.c1ccc2[nH]nnc2c1. The summed E-state index contributed by atoms with van der Waals surface area (Å²) >= 11 is 0. The summed E-state index contributed by atoms with van der Waals surface area (Å²) in [7, 11) is 0. The van der Waals surface area contributed by atoms with Crippen LogP contribution < -0.4 is 6.15 Å². The third-order valence-corrected chi connectivity index (χ3v) is 1.23. The molecule has 1 aromatic carbocycles. The quantitative estimate of drug-likeness (QED) is 0.516. The van der Waals surface area contributed by atoms with E-state index in [0.717, 1.165) is 11.0 Å². The van der Waals surface area contributed by atoms with E-state index in [1.807, 2.05) is 24.3 Å². The Morgan fingerprint density at radius 3 is 2.64 bits per heavy atom. The first kappa shape index (κ1) is 9.64. The number of aromatic nitrogens is 3. The van der Waals surface area contributed by atoms with Crippen molar-refractivity contribution >= 4 is 19.4 Å². The normalized spacial score (nSPS) is 8.36. The fraction of sp³-hybridized carbons (Fsp3) is 0. The molecular weight excluding hydrogens is 139 g/mol. The minimum absolute atomic E-state index is 0. The van der Waals surface area contributed by atoms with Gasteiger partial charge in [-0.2, -0.15) is 0 Å². The number of benzene rings is 1. The van der Waals surface area contributed by atoms with Gasteiger partial charge in [0.1, 0.15) is 5.52 Å². The van der Waals surface area contributed by atoms with Crippen molar-refractivity contribution in [2.24, 2.45) is 0 Å². The first-order valence-electron chi connectivity index (χ1n) is 2.72. The van der Waals surface area contributed by atoms with Gasteiger partial charge in [-0.25, -0.2) is 0 Å². The zero-order valence-corrected chi connectivity index (χ0v) is 5.41. The molecule has 0 unspecified atom stereocenters. The standard InChI is InChI=1S/C6H5N3.BH3.H3N/c1-2-4-6-5(3-1)7-9-8-6;;/h1-4H,(H,7,8,9);2*1H3. The second kappa shape index (κ2) is 3.73. The van der Waals surface area contributed by atoms with Gasteiger partial charge in [0.05, 0.1) is 13.9 Å². The van der Waals surface area contributed by atoms with Crippen molar-refractivity contribution in [1.82, 2.24) is 21.6 Å². The summed E-state index contributed by atoms with van der Waals surface area (Å²) in [5.74, 6) is 0. The van der Waals surface area contributed by atoms with Crippen LogP contribution in [0.5, 0.6) is 0 Å². The molecule has 0 fully saturated rings. The van der Waals surface area contributed by atoms with E-state index in [1.165, 1.54) is 0 Å².